The van der Waals surface area contributed by atoms with Crippen LogP contribution in [0.15, 0.2) is 54.1 Å². The van der Waals surface area contributed by atoms with Gasteiger partial charge in [-0.05, 0) is 29.7 Å². The first kappa shape index (κ1) is 19.1. The van der Waals surface area contributed by atoms with Gasteiger partial charge < -0.3 is 19.3 Å². The number of hydrogen-bond acceptors (Lipinski definition) is 4. The van der Waals surface area contributed by atoms with Crippen molar-refractivity contribution < 1.29 is 19.5 Å². The van der Waals surface area contributed by atoms with Crippen molar-refractivity contribution in [2.75, 3.05) is 32.8 Å². The van der Waals surface area contributed by atoms with Crippen LogP contribution in [-0.4, -0.2) is 54.4 Å². The van der Waals surface area contributed by atoms with Gasteiger partial charge in [-0.25, -0.2) is 0 Å². The normalized spacial score (nSPS) is 16.8. The summed E-state index contributed by atoms with van der Waals surface area (Å²) in [6.45, 7) is 4.68. The lowest BCUT2D eigenvalue weighted by molar-refractivity contribution is -0.911. The number of carbonyl (C=O) groups excluding carboxylic acids is 1. The molecule has 28 heavy (non-hydrogen) atoms. The first-order valence-corrected chi connectivity index (χ1v) is 10.5. The highest BCUT2D eigenvalue weighted by molar-refractivity contribution is 7.12. The van der Waals surface area contributed by atoms with E-state index in [9.17, 15) is 9.90 Å². The second kappa shape index (κ2) is 8.84. The monoisotopic (exact) mass is 397 g/mol. The molecule has 0 spiro atoms. The molecule has 4 rings (SSSR count). The van der Waals surface area contributed by atoms with Crippen LogP contribution in [0, 0.1) is 0 Å². The van der Waals surface area contributed by atoms with E-state index < -0.39 is 6.10 Å². The summed E-state index contributed by atoms with van der Waals surface area (Å²) in [6.07, 6.45) is 5.11. The Morgan fingerprint density at radius 1 is 1.25 bits per heavy atom. The lowest BCUT2D eigenvalue weighted by Crippen LogP contribution is -3.15. The van der Waals surface area contributed by atoms with E-state index in [0.29, 0.717) is 6.54 Å². The number of ether oxygens (including phenoxy) is 1. The van der Waals surface area contributed by atoms with Gasteiger partial charge in [0.15, 0.2) is 5.78 Å². The quantitative estimate of drug-likeness (QED) is 0.473. The van der Waals surface area contributed by atoms with Crippen LogP contribution >= 0.6 is 11.3 Å². The molecule has 5 nitrogen and oxygen atoms in total. The minimum Gasteiger partial charge on any atom is -0.385 e. The Kier molecular flexibility index (Phi) is 6.02. The summed E-state index contributed by atoms with van der Waals surface area (Å²) in [5.41, 5.74) is 2.06. The molecule has 0 unspecified atom stereocenters. The summed E-state index contributed by atoms with van der Waals surface area (Å²) in [5.74, 6) is 0.0165. The van der Waals surface area contributed by atoms with Gasteiger partial charge in [0.05, 0.1) is 24.6 Å². The molecule has 146 valence electrons. The Balaban J connectivity index is 1.51. The second-order valence-corrected chi connectivity index (χ2v) is 8.10. The number of hydrogen-bond donors (Lipinski definition) is 2. The summed E-state index contributed by atoms with van der Waals surface area (Å²) < 4.78 is 7.48. The molecule has 3 aromatic rings. The highest BCUT2D eigenvalue weighted by atomic mass is 32.1. The van der Waals surface area contributed by atoms with Crippen LogP contribution in [0.25, 0.3) is 17.0 Å². The number of carbonyl (C=O) groups is 1. The summed E-state index contributed by atoms with van der Waals surface area (Å²) >= 11 is 1.45. The predicted molar refractivity (Wildman–Crippen MR) is 112 cm³/mol. The molecule has 1 aromatic carbocycles. The van der Waals surface area contributed by atoms with E-state index in [1.807, 2.05) is 41.9 Å². The van der Waals surface area contributed by atoms with E-state index in [1.165, 1.54) is 16.2 Å². The van der Waals surface area contributed by atoms with E-state index >= 15 is 0 Å². The first-order chi connectivity index (χ1) is 13.7. The Morgan fingerprint density at radius 2 is 2.07 bits per heavy atom. The molecule has 0 saturated carbocycles. The zero-order valence-electron chi connectivity index (χ0n) is 15.7. The first-order valence-electron chi connectivity index (χ1n) is 9.64. The number of aromatic nitrogens is 1. The minimum absolute atomic E-state index is 0.0165. The number of rotatable bonds is 7. The number of nitrogens with zero attached hydrogens (tertiary/aromatic N) is 1. The lowest BCUT2D eigenvalue weighted by Gasteiger charge is -2.26. The van der Waals surface area contributed by atoms with E-state index in [1.54, 1.807) is 6.08 Å². The molecule has 1 saturated heterocycles. The Bertz CT molecular complexity index is 955. The SMILES string of the molecule is O=C(/C=C/c1cn(C[C@@H](O)C[NH+]2CCOCC2)c2ccccc12)c1cccs1. The molecule has 6 heteroatoms. The van der Waals surface area contributed by atoms with Gasteiger partial charge in [-0.15, -0.1) is 11.3 Å². The maximum absolute atomic E-state index is 12.3. The molecule has 1 atom stereocenters. The summed E-state index contributed by atoms with van der Waals surface area (Å²) in [5, 5.41) is 13.6. The number of allylic oxidation sites excluding steroid dienone is 1. The number of ketones is 1. The van der Waals surface area contributed by atoms with Gasteiger partial charge >= 0.3 is 0 Å². The summed E-state index contributed by atoms with van der Waals surface area (Å²) in [4.78, 5) is 14.4. The molecular weight excluding hydrogens is 372 g/mol. The van der Waals surface area contributed by atoms with Gasteiger partial charge in [-0.3, -0.25) is 4.79 Å². The lowest BCUT2D eigenvalue weighted by atomic mass is 10.1. The van der Waals surface area contributed by atoms with E-state index in [4.69, 9.17) is 4.74 Å². The van der Waals surface area contributed by atoms with Gasteiger partial charge in [0.1, 0.15) is 25.7 Å². The molecule has 0 bridgehead atoms. The molecule has 1 aliphatic heterocycles. The molecule has 1 fully saturated rings. The zero-order chi connectivity index (χ0) is 19.3. The number of nitrogens with one attached hydrogen (secondary N) is 1. The highest BCUT2D eigenvalue weighted by Crippen LogP contribution is 2.23. The minimum atomic E-state index is -0.423. The van der Waals surface area contributed by atoms with Crippen molar-refractivity contribution in [2.45, 2.75) is 12.6 Å². The third kappa shape index (κ3) is 4.42. The molecular formula is C22H25N2O3S+. The van der Waals surface area contributed by atoms with Crippen LogP contribution in [0.2, 0.25) is 0 Å². The van der Waals surface area contributed by atoms with E-state index in [-0.39, 0.29) is 5.78 Å². The fourth-order valence-electron chi connectivity index (χ4n) is 3.71. The van der Waals surface area contributed by atoms with Crippen LogP contribution in [0.3, 0.4) is 0 Å². The van der Waals surface area contributed by atoms with Gasteiger partial charge in [-0.2, -0.15) is 0 Å². The van der Waals surface area contributed by atoms with Crippen molar-refractivity contribution in [2.24, 2.45) is 0 Å². The molecule has 0 amide bonds. The van der Waals surface area contributed by atoms with Crippen molar-refractivity contribution in [1.29, 1.82) is 0 Å². The average Bonchev–Trinajstić information content (AvgIpc) is 3.36. The number of morpholine rings is 1. The van der Waals surface area contributed by atoms with Crippen molar-refractivity contribution in [1.82, 2.24) is 4.57 Å². The number of benzene rings is 1. The zero-order valence-corrected chi connectivity index (χ0v) is 16.5. The maximum Gasteiger partial charge on any atom is 0.195 e. The van der Waals surface area contributed by atoms with E-state index in [2.05, 4.69) is 16.7 Å². The molecule has 0 aliphatic carbocycles. The van der Waals surface area contributed by atoms with Crippen molar-refractivity contribution >= 4 is 34.1 Å². The molecule has 2 N–H and O–H groups in total. The molecule has 1 aliphatic rings. The summed E-state index contributed by atoms with van der Waals surface area (Å²) in [6, 6.07) is 11.8. The maximum atomic E-state index is 12.3. The van der Waals surface area contributed by atoms with Gasteiger partial charge in [-0.1, -0.05) is 24.3 Å². The standard InChI is InChI=1S/C22H24N2O3S/c25-18(15-23-9-11-27-12-10-23)16-24-14-17(19-4-1-2-5-20(19)24)7-8-21(26)22-6-3-13-28-22/h1-8,13-14,18,25H,9-12,15-16H2/p+1/b8-7+/t18-/m0/s1. The smallest absolute Gasteiger partial charge is 0.195 e. The van der Waals surface area contributed by atoms with Crippen LogP contribution in [0.4, 0.5) is 0 Å². The van der Waals surface area contributed by atoms with Gasteiger partial charge in [0.2, 0.25) is 0 Å². The number of aliphatic hydroxyl groups is 1. The van der Waals surface area contributed by atoms with Crippen LogP contribution in [0.5, 0.6) is 0 Å². The predicted octanol–water partition coefficient (Wildman–Crippen LogP) is 1.87. The Morgan fingerprint density at radius 3 is 2.86 bits per heavy atom. The van der Waals surface area contributed by atoms with Crippen LogP contribution < -0.4 is 4.90 Å². The largest absolute Gasteiger partial charge is 0.385 e. The topological polar surface area (TPSA) is 55.9 Å². The average molecular weight is 398 g/mol. The van der Waals surface area contributed by atoms with Crippen molar-refractivity contribution in [3.05, 3.63) is 64.5 Å². The third-order valence-corrected chi connectivity index (χ3v) is 6.01. The highest BCUT2D eigenvalue weighted by Gasteiger charge is 2.19. The molecule has 2 aromatic heterocycles. The van der Waals surface area contributed by atoms with Crippen LogP contribution in [-0.2, 0) is 11.3 Å². The summed E-state index contributed by atoms with van der Waals surface area (Å²) in [7, 11) is 0. The number of aliphatic hydroxyl groups excluding tert-OH is 1. The van der Waals surface area contributed by atoms with Crippen molar-refractivity contribution in [3.63, 3.8) is 0 Å². The number of fused-ring (bicyclic) bond motifs is 1. The number of thiophene rings is 1. The third-order valence-electron chi connectivity index (χ3n) is 5.13. The fourth-order valence-corrected chi connectivity index (χ4v) is 4.36. The Hall–Kier alpha value is -2.25. The number of para-hydroxylation sites is 1. The molecule has 3 heterocycles. The van der Waals surface area contributed by atoms with Gasteiger partial charge in [0, 0.05) is 22.7 Å². The fraction of sp³-hybridized carbons (Fsp3) is 0.318. The van der Waals surface area contributed by atoms with Crippen LogP contribution in [0.1, 0.15) is 15.2 Å². The van der Waals surface area contributed by atoms with E-state index in [0.717, 1.165) is 54.2 Å². The Labute approximate surface area is 168 Å². The van der Waals surface area contributed by atoms with Crippen molar-refractivity contribution in [3.8, 4) is 0 Å². The second-order valence-electron chi connectivity index (χ2n) is 7.15. The van der Waals surface area contributed by atoms with Gasteiger partial charge in [0.25, 0.3) is 0 Å². The molecule has 0 radical (unpaired) electrons. The number of quaternary nitrogens is 1.